The summed E-state index contributed by atoms with van der Waals surface area (Å²) in [6.45, 7) is 4.28. The van der Waals surface area contributed by atoms with Crippen molar-refractivity contribution >= 4 is 22.7 Å². The van der Waals surface area contributed by atoms with E-state index in [0.717, 1.165) is 36.2 Å². The highest BCUT2D eigenvalue weighted by Gasteiger charge is 2.17. The molecular formula is C13H18BrNO2. The molecule has 0 saturated carbocycles. The van der Waals surface area contributed by atoms with Gasteiger partial charge in [0.1, 0.15) is 18.6 Å². The molecule has 0 atom stereocenters. The SMILES string of the molecule is C=O.CN1CCC(Oc2ccc(Br)cc2)CC1. The van der Waals surface area contributed by atoms with Gasteiger partial charge in [0, 0.05) is 17.6 Å². The first-order chi connectivity index (χ1) is 8.24. The van der Waals surface area contributed by atoms with Crippen molar-refractivity contribution in [3.05, 3.63) is 28.7 Å². The van der Waals surface area contributed by atoms with E-state index >= 15 is 0 Å². The van der Waals surface area contributed by atoms with Crippen LogP contribution in [0.1, 0.15) is 12.8 Å². The summed E-state index contributed by atoms with van der Waals surface area (Å²) in [5.41, 5.74) is 0. The lowest BCUT2D eigenvalue weighted by atomic mass is 10.1. The van der Waals surface area contributed by atoms with E-state index in [-0.39, 0.29) is 0 Å². The zero-order chi connectivity index (χ0) is 12.7. The molecule has 4 heteroatoms. The first kappa shape index (κ1) is 14.2. The molecule has 1 heterocycles. The third kappa shape index (κ3) is 4.88. The van der Waals surface area contributed by atoms with Gasteiger partial charge < -0.3 is 14.4 Å². The van der Waals surface area contributed by atoms with E-state index in [1.807, 2.05) is 31.1 Å². The minimum absolute atomic E-state index is 0.391. The molecule has 3 nitrogen and oxygen atoms in total. The van der Waals surface area contributed by atoms with Crippen LogP contribution in [0.2, 0.25) is 0 Å². The lowest BCUT2D eigenvalue weighted by Crippen LogP contribution is -2.35. The van der Waals surface area contributed by atoms with Crippen molar-refractivity contribution in [1.82, 2.24) is 4.90 Å². The Hall–Kier alpha value is -0.870. The van der Waals surface area contributed by atoms with Gasteiger partial charge >= 0.3 is 0 Å². The van der Waals surface area contributed by atoms with Gasteiger partial charge in [0.25, 0.3) is 0 Å². The van der Waals surface area contributed by atoms with Gasteiger partial charge in [-0.25, -0.2) is 0 Å². The fraction of sp³-hybridized carbons (Fsp3) is 0.462. The first-order valence-electron chi connectivity index (χ1n) is 5.64. The summed E-state index contributed by atoms with van der Waals surface area (Å²) in [4.78, 5) is 10.3. The monoisotopic (exact) mass is 299 g/mol. The smallest absolute Gasteiger partial charge is 0.119 e. The highest BCUT2D eigenvalue weighted by molar-refractivity contribution is 9.10. The summed E-state index contributed by atoms with van der Waals surface area (Å²) in [5.74, 6) is 0.979. The van der Waals surface area contributed by atoms with E-state index in [1.165, 1.54) is 0 Å². The van der Waals surface area contributed by atoms with Crippen LogP contribution >= 0.6 is 15.9 Å². The number of piperidine rings is 1. The Kier molecular flexibility index (Phi) is 6.22. The number of benzene rings is 1. The molecule has 0 amide bonds. The molecule has 0 N–H and O–H groups in total. The predicted octanol–water partition coefficient (Wildman–Crippen LogP) is 2.74. The van der Waals surface area contributed by atoms with Crippen LogP contribution in [-0.4, -0.2) is 37.9 Å². The van der Waals surface area contributed by atoms with Gasteiger partial charge in [-0.15, -0.1) is 0 Å². The van der Waals surface area contributed by atoms with Crippen LogP contribution in [0.15, 0.2) is 28.7 Å². The summed E-state index contributed by atoms with van der Waals surface area (Å²) in [6.07, 6.45) is 2.65. The molecular weight excluding hydrogens is 282 g/mol. The van der Waals surface area contributed by atoms with Crippen LogP contribution in [0.4, 0.5) is 0 Å². The Morgan fingerprint density at radius 3 is 2.29 bits per heavy atom. The fourth-order valence-electron chi connectivity index (χ4n) is 1.81. The van der Waals surface area contributed by atoms with Crippen molar-refractivity contribution in [1.29, 1.82) is 0 Å². The highest BCUT2D eigenvalue weighted by Crippen LogP contribution is 2.20. The molecule has 0 unspecified atom stereocenters. The Morgan fingerprint density at radius 2 is 1.76 bits per heavy atom. The second-order valence-corrected chi connectivity index (χ2v) is 4.99. The number of likely N-dealkylation sites (tertiary alicyclic amines) is 1. The van der Waals surface area contributed by atoms with E-state index in [4.69, 9.17) is 9.53 Å². The van der Waals surface area contributed by atoms with Gasteiger partial charge in [-0.2, -0.15) is 0 Å². The number of carbonyl (C=O) groups is 1. The van der Waals surface area contributed by atoms with E-state index in [9.17, 15) is 0 Å². The van der Waals surface area contributed by atoms with Gasteiger partial charge in [-0.1, -0.05) is 15.9 Å². The molecule has 0 radical (unpaired) electrons. The Labute approximate surface area is 111 Å². The van der Waals surface area contributed by atoms with Gasteiger partial charge in [0.15, 0.2) is 0 Å². The highest BCUT2D eigenvalue weighted by atomic mass is 79.9. The average Bonchev–Trinajstić information content (AvgIpc) is 2.37. The van der Waals surface area contributed by atoms with Gasteiger partial charge in [-0.05, 0) is 44.2 Å². The molecule has 0 spiro atoms. The number of hydrogen-bond acceptors (Lipinski definition) is 3. The third-order valence-corrected chi connectivity index (χ3v) is 3.31. The molecule has 1 aromatic carbocycles. The summed E-state index contributed by atoms with van der Waals surface area (Å²) >= 11 is 3.42. The number of ether oxygens (including phenoxy) is 1. The molecule has 0 aromatic heterocycles. The van der Waals surface area contributed by atoms with Crippen molar-refractivity contribution in [2.24, 2.45) is 0 Å². The molecule has 94 valence electrons. The summed E-state index contributed by atoms with van der Waals surface area (Å²) in [7, 11) is 2.16. The van der Waals surface area contributed by atoms with Crippen molar-refractivity contribution in [2.45, 2.75) is 18.9 Å². The van der Waals surface area contributed by atoms with E-state index in [1.54, 1.807) is 0 Å². The minimum Gasteiger partial charge on any atom is -0.490 e. The van der Waals surface area contributed by atoms with E-state index < -0.39 is 0 Å². The quantitative estimate of drug-likeness (QED) is 0.841. The normalized spacial score (nSPS) is 17.1. The molecule has 1 aliphatic heterocycles. The van der Waals surface area contributed by atoms with Crippen LogP contribution < -0.4 is 4.74 Å². The molecule has 1 fully saturated rings. The molecule has 17 heavy (non-hydrogen) atoms. The van der Waals surface area contributed by atoms with Crippen molar-refractivity contribution in [3.63, 3.8) is 0 Å². The second kappa shape index (κ2) is 7.45. The van der Waals surface area contributed by atoms with Crippen LogP contribution in [0.5, 0.6) is 5.75 Å². The third-order valence-electron chi connectivity index (χ3n) is 2.78. The summed E-state index contributed by atoms with van der Waals surface area (Å²) in [5, 5.41) is 0. The number of hydrogen-bond donors (Lipinski definition) is 0. The molecule has 1 saturated heterocycles. The average molecular weight is 300 g/mol. The molecule has 1 aliphatic rings. The predicted molar refractivity (Wildman–Crippen MR) is 72.4 cm³/mol. The zero-order valence-electron chi connectivity index (χ0n) is 10.1. The molecule has 0 aliphatic carbocycles. The van der Waals surface area contributed by atoms with Crippen LogP contribution in [-0.2, 0) is 4.79 Å². The Bertz CT molecular complexity index is 321. The van der Waals surface area contributed by atoms with Crippen molar-refractivity contribution in [2.75, 3.05) is 20.1 Å². The van der Waals surface area contributed by atoms with E-state index in [2.05, 4.69) is 27.9 Å². The maximum absolute atomic E-state index is 8.00. The Morgan fingerprint density at radius 1 is 1.24 bits per heavy atom. The molecule has 1 aromatic rings. The van der Waals surface area contributed by atoms with Crippen molar-refractivity contribution < 1.29 is 9.53 Å². The van der Waals surface area contributed by atoms with Crippen LogP contribution in [0, 0.1) is 0 Å². The summed E-state index contributed by atoms with van der Waals surface area (Å²) in [6, 6.07) is 8.07. The number of carbonyl (C=O) groups excluding carboxylic acids is 1. The minimum atomic E-state index is 0.391. The topological polar surface area (TPSA) is 29.5 Å². The van der Waals surface area contributed by atoms with Gasteiger partial charge in [-0.3, -0.25) is 0 Å². The molecule has 0 bridgehead atoms. The lowest BCUT2D eigenvalue weighted by Gasteiger charge is -2.29. The Balaban J connectivity index is 0.000000686. The number of nitrogens with zero attached hydrogens (tertiary/aromatic N) is 1. The van der Waals surface area contributed by atoms with E-state index in [0.29, 0.717) is 6.10 Å². The number of halogens is 1. The first-order valence-corrected chi connectivity index (χ1v) is 6.43. The van der Waals surface area contributed by atoms with Crippen LogP contribution in [0.25, 0.3) is 0 Å². The second-order valence-electron chi connectivity index (χ2n) is 4.07. The largest absolute Gasteiger partial charge is 0.490 e. The summed E-state index contributed by atoms with van der Waals surface area (Å²) < 4.78 is 7.01. The van der Waals surface area contributed by atoms with Crippen molar-refractivity contribution in [3.8, 4) is 5.75 Å². The maximum Gasteiger partial charge on any atom is 0.119 e. The fourth-order valence-corrected chi connectivity index (χ4v) is 2.07. The molecule has 2 rings (SSSR count). The van der Waals surface area contributed by atoms with Crippen LogP contribution in [0.3, 0.4) is 0 Å². The maximum atomic E-state index is 8.00. The van der Waals surface area contributed by atoms with Gasteiger partial charge in [0.05, 0.1) is 0 Å². The van der Waals surface area contributed by atoms with Gasteiger partial charge in [0.2, 0.25) is 0 Å². The standard InChI is InChI=1S/C12H16BrNO.CH2O/c1-14-8-6-12(7-9-14)15-11-4-2-10(13)3-5-11;1-2/h2-5,12H,6-9H2,1H3;1H2. The zero-order valence-corrected chi connectivity index (χ0v) is 11.6. The number of rotatable bonds is 2. The lowest BCUT2D eigenvalue weighted by molar-refractivity contribution is -0.0979.